The summed E-state index contributed by atoms with van der Waals surface area (Å²) in [5.41, 5.74) is 0. The summed E-state index contributed by atoms with van der Waals surface area (Å²) in [6.07, 6.45) is -4.95. The molecule has 0 bridgehead atoms. The molecular formula is C9H17F3O. The third kappa shape index (κ3) is 4.50. The Hall–Kier alpha value is -0.250. The summed E-state index contributed by atoms with van der Waals surface area (Å²) >= 11 is 0. The zero-order valence-electron chi connectivity index (χ0n) is 8.32. The Balaban J connectivity index is 0.000000671. The Kier molecular flexibility index (Phi) is 5.37. The van der Waals surface area contributed by atoms with Crippen LogP contribution in [0, 0.1) is 5.92 Å². The SMILES string of the molecule is CC.C[C@H]1CC[C@H](C(F)(F)F)OC1. The first-order valence-electron chi connectivity index (χ1n) is 4.68. The molecule has 0 aromatic heterocycles. The van der Waals surface area contributed by atoms with Crippen LogP contribution in [0.3, 0.4) is 0 Å². The van der Waals surface area contributed by atoms with Crippen molar-refractivity contribution < 1.29 is 17.9 Å². The van der Waals surface area contributed by atoms with Gasteiger partial charge in [-0.1, -0.05) is 20.8 Å². The van der Waals surface area contributed by atoms with E-state index in [2.05, 4.69) is 4.74 Å². The molecule has 1 aliphatic rings. The monoisotopic (exact) mass is 198 g/mol. The largest absolute Gasteiger partial charge is 0.414 e. The Bertz CT molecular complexity index is 125. The first kappa shape index (κ1) is 12.8. The van der Waals surface area contributed by atoms with Gasteiger partial charge in [0.25, 0.3) is 0 Å². The highest BCUT2D eigenvalue weighted by Crippen LogP contribution is 2.31. The van der Waals surface area contributed by atoms with Crippen LogP contribution in [0.1, 0.15) is 33.6 Å². The first-order chi connectivity index (χ1) is 6.00. The van der Waals surface area contributed by atoms with Gasteiger partial charge in [-0.15, -0.1) is 0 Å². The van der Waals surface area contributed by atoms with Crippen LogP contribution in [0.4, 0.5) is 13.2 Å². The maximum Gasteiger partial charge on any atom is 0.414 e. The van der Waals surface area contributed by atoms with Crippen molar-refractivity contribution in [3.8, 4) is 0 Å². The van der Waals surface area contributed by atoms with Crippen molar-refractivity contribution >= 4 is 0 Å². The van der Waals surface area contributed by atoms with Gasteiger partial charge in [0.05, 0.1) is 0 Å². The van der Waals surface area contributed by atoms with Crippen LogP contribution in [-0.2, 0) is 4.74 Å². The van der Waals surface area contributed by atoms with Gasteiger partial charge in [-0.05, 0) is 18.8 Å². The van der Waals surface area contributed by atoms with E-state index < -0.39 is 12.3 Å². The van der Waals surface area contributed by atoms with Crippen molar-refractivity contribution in [3.63, 3.8) is 0 Å². The second-order valence-electron chi connectivity index (χ2n) is 3.05. The number of ether oxygens (including phenoxy) is 1. The van der Waals surface area contributed by atoms with E-state index in [1.807, 2.05) is 20.8 Å². The van der Waals surface area contributed by atoms with E-state index in [0.717, 1.165) is 0 Å². The normalized spacial score (nSPS) is 29.1. The van der Waals surface area contributed by atoms with E-state index in [0.29, 0.717) is 6.42 Å². The Morgan fingerprint density at radius 2 is 1.69 bits per heavy atom. The fourth-order valence-corrected chi connectivity index (χ4v) is 1.14. The number of rotatable bonds is 0. The fraction of sp³-hybridized carbons (Fsp3) is 1.00. The van der Waals surface area contributed by atoms with Crippen molar-refractivity contribution in [1.82, 2.24) is 0 Å². The fourth-order valence-electron chi connectivity index (χ4n) is 1.14. The van der Waals surface area contributed by atoms with Gasteiger partial charge in [0.2, 0.25) is 0 Å². The van der Waals surface area contributed by atoms with E-state index in [9.17, 15) is 13.2 Å². The van der Waals surface area contributed by atoms with Crippen LogP contribution in [0.5, 0.6) is 0 Å². The molecule has 2 atom stereocenters. The molecule has 0 aliphatic carbocycles. The lowest BCUT2D eigenvalue weighted by atomic mass is 10.0. The van der Waals surface area contributed by atoms with Gasteiger partial charge in [-0.25, -0.2) is 0 Å². The van der Waals surface area contributed by atoms with Crippen molar-refractivity contribution in [2.45, 2.75) is 45.9 Å². The van der Waals surface area contributed by atoms with Crippen molar-refractivity contribution in [2.75, 3.05) is 6.61 Å². The van der Waals surface area contributed by atoms with E-state index in [-0.39, 0.29) is 18.9 Å². The topological polar surface area (TPSA) is 9.23 Å². The summed E-state index contributed by atoms with van der Waals surface area (Å²) < 4.78 is 40.5. The number of halogens is 3. The Morgan fingerprint density at radius 1 is 1.15 bits per heavy atom. The summed E-state index contributed by atoms with van der Waals surface area (Å²) in [5, 5.41) is 0. The van der Waals surface area contributed by atoms with Crippen LogP contribution in [0.25, 0.3) is 0 Å². The molecule has 13 heavy (non-hydrogen) atoms. The molecule has 1 rings (SSSR count). The minimum atomic E-state index is -4.17. The van der Waals surface area contributed by atoms with Crippen molar-refractivity contribution in [2.24, 2.45) is 5.92 Å². The molecule has 4 heteroatoms. The van der Waals surface area contributed by atoms with Gasteiger partial charge in [0, 0.05) is 6.61 Å². The Labute approximate surface area is 77.3 Å². The summed E-state index contributed by atoms with van der Waals surface area (Å²) in [5.74, 6) is 0.272. The van der Waals surface area contributed by atoms with E-state index >= 15 is 0 Å². The van der Waals surface area contributed by atoms with Crippen LogP contribution in [-0.4, -0.2) is 18.9 Å². The van der Waals surface area contributed by atoms with Crippen LogP contribution < -0.4 is 0 Å². The average Bonchev–Trinajstić information content (AvgIpc) is 2.07. The minimum absolute atomic E-state index is 0.116. The smallest absolute Gasteiger partial charge is 0.369 e. The molecule has 1 saturated heterocycles. The predicted molar refractivity (Wildman–Crippen MR) is 45.5 cm³/mol. The maximum absolute atomic E-state index is 11.9. The second kappa shape index (κ2) is 5.47. The molecule has 0 radical (unpaired) electrons. The summed E-state index contributed by atoms with van der Waals surface area (Å²) in [6.45, 7) is 6.14. The molecule has 80 valence electrons. The summed E-state index contributed by atoms with van der Waals surface area (Å²) in [4.78, 5) is 0. The average molecular weight is 198 g/mol. The van der Waals surface area contributed by atoms with E-state index in [1.165, 1.54) is 0 Å². The van der Waals surface area contributed by atoms with Crippen LogP contribution in [0.2, 0.25) is 0 Å². The van der Waals surface area contributed by atoms with Gasteiger partial charge in [0.15, 0.2) is 6.10 Å². The molecule has 0 amide bonds. The van der Waals surface area contributed by atoms with Gasteiger partial charge >= 0.3 is 6.18 Å². The van der Waals surface area contributed by atoms with Gasteiger partial charge in [-0.2, -0.15) is 13.2 Å². The van der Waals surface area contributed by atoms with Crippen molar-refractivity contribution in [1.29, 1.82) is 0 Å². The lowest BCUT2D eigenvalue weighted by Gasteiger charge is -2.28. The molecule has 1 fully saturated rings. The third-order valence-electron chi connectivity index (χ3n) is 1.87. The standard InChI is InChI=1S/C7H11F3O.C2H6/c1-5-2-3-6(11-4-5)7(8,9)10;1-2/h5-6H,2-4H2,1H3;1-2H3/t5-,6+;/m0./s1. The molecular weight excluding hydrogens is 181 g/mol. The summed E-state index contributed by atoms with van der Waals surface area (Å²) in [7, 11) is 0. The lowest BCUT2D eigenvalue weighted by molar-refractivity contribution is -0.234. The van der Waals surface area contributed by atoms with Crippen LogP contribution >= 0.6 is 0 Å². The van der Waals surface area contributed by atoms with Crippen molar-refractivity contribution in [3.05, 3.63) is 0 Å². The predicted octanol–water partition coefficient (Wildman–Crippen LogP) is 3.39. The second-order valence-corrected chi connectivity index (χ2v) is 3.05. The van der Waals surface area contributed by atoms with E-state index in [1.54, 1.807) is 0 Å². The maximum atomic E-state index is 11.9. The molecule has 1 aliphatic heterocycles. The molecule has 0 N–H and O–H groups in total. The number of alkyl halides is 3. The molecule has 0 spiro atoms. The number of hydrogen-bond donors (Lipinski definition) is 0. The quantitative estimate of drug-likeness (QED) is 0.579. The molecule has 1 heterocycles. The molecule has 1 nitrogen and oxygen atoms in total. The number of hydrogen-bond acceptors (Lipinski definition) is 1. The Morgan fingerprint density at radius 3 is 2.00 bits per heavy atom. The third-order valence-corrected chi connectivity index (χ3v) is 1.87. The van der Waals surface area contributed by atoms with E-state index in [4.69, 9.17) is 0 Å². The molecule has 0 unspecified atom stereocenters. The zero-order chi connectivity index (χ0) is 10.5. The van der Waals surface area contributed by atoms with Gasteiger partial charge < -0.3 is 4.74 Å². The first-order valence-corrected chi connectivity index (χ1v) is 4.68. The van der Waals surface area contributed by atoms with Crippen LogP contribution in [0.15, 0.2) is 0 Å². The zero-order valence-corrected chi connectivity index (χ0v) is 8.32. The van der Waals surface area contributed by atoms with Gasteiger partial charge in [-0.3, -0.25) is 0 Å². The highest BCUT2D eigenvalue weighted by Gasteiger charge is 2.42. The lowest BCUT2D eigenvalue weighted by Crippen LogP contribution is -2.36. The molecule has 0 saturated carbocycles. The summed E-state index contributed by atoms with van der Waals surface area (Å²) in [6, 6.07) is 0. The highest BCUT2D eigenvalue weighted by atomic mass is 19.4. The minimum Gasteiger partial charge on any atom is -0.369 e. The molecule has 0 aromatic carbocycles. The highest BCUT2D eigenvalue weighted by molar-refractivity contribution is 4.73. The van der Waals surface area contributed by atoms with Gasteiger partial charge in [0.1, 0.15) is 0 Å². The molecule has 0 aromatic rings.